The highest BCUT2D eigenvalue weighted by Gasteiger charge is 2.28. The zero-order chi connectivity index (χ0) is 28.0. The number of phenolic OH excluding ortho intramolecular Hbond substituents is 1. The average Bonchev–Trinajstić information content (AvgIpc) is 2.93. The van der Waals surface area contributed by atoms with Crippen molar-refractivity contribution in [1.29, 1.82) is 0 Å². The summed E-state index contributed by atoms with van der Waals surface area (Å²) < 4.78 is 5.85. The van der Waals surface area contributed by atoms with Crippen LogP contribution in [0, 0.1) is 0 Å². The second kappa shape index (κ2) is 15.4. The van der Waals surface area contributed by atoms with Crippen LogP contribution >= 0.6 is 0 Å². The molecule has 1 aliphatic rings. The molecule has 3 rings (SSSR count). The zero-order valence-corrected chi connectivity index (χ0v) is 22.3. The summed E-state index contributed by atoms with van der Waals surface area (Å²) in [5, 5.41) is 20.6. The van der Waals surface area contributed by atoms with Gasteiger partial charge in [-0.05, 0) is 49.1 Å². The van der Waals surface area contributed by atoms with E-state index in [4.69, 9.17) is 4.74 Å². The summed E-state index contributed by atoms with van der Waals surface area (Å²) in [6, 6.07) is 11.1. The van der Waals surface area contributed by atoms with E-state index >= 15 is 0 Å². The van der Waals surface area contributed by atoms with Gasteiger partial charge in [-0.15, -0.1) is 0 Å². The summed E-state index contributed by atoms with van der Waals surface area (Å²) in [4.78, 5) is 52.3. The first-order valence-corrected chi connectivity index (χ1v) is 13.5. The van der Waals surface area contributed by atoms with Gasteiger partial charge in [0.15, 0.2) is 0 Å². The van der Waals surface area contributed by atoms with Crippen molar-refractivity contribution < 1.29 is 29.0 Å². The Hall–Kier alpha value is -4.08. The molecular formula is C29H38N4O6. The Labute approximate surface area is 228 Å². The summed E-state index contributed by atoms with van der Waals surface area (Å²) in [6.07, 6.45) is 3.85. The highest BCUT2D eigenvalue weighted by atomic mass is 16.5. The number of carbonyl (C=O) groups excluding carboxylic acids is 4. The molecule has 10 heteroatoms. The van der Waals surface area contributed by atoms with E-state index in [1.165, 1.54) is 12.1 Å². The molecule has 0 aromatic heterocycles. The molecule has 5 N–H and O–H groups in total. The molecule has 39 heavy (non-hydrogen) atoms. The number of fused-ring (bicyclic) bond motifs is 1. The number of benzene rings is 2. The molecule has 0 bridgehead atoms. The van der Waals surface area contributed by atoms with Gasteiger partial charge in [0.1, 0.15) is 23.6 Å². The molecule has 0 fully saturated rings. The zero-order valence-electron chi connectivity index (χ0n) is 22.3. The highest BCUT2D eigenvalue weighted by Crippen LogP contribution is 2.19. The predicted molar refractivity (Wildman–Crippen MR) is 146 cm³/mol. The van der Waals surface area contributed by atoms with E-state index in [2.05, 4.69) is 21.3 Å². The fraction of sp³-hybridized carbons (Fsp3) is 0.448. The lowest BCUT2D eigenvalue weighted by molar-refractivity contribution is -0.131. The molecule has 2 aromatic rings. The SMILES string of the molecule is CCCNC(=O)[C@@H]1CC(=O)N[C@@H](Cc2ccc(O)cc2)C(=O)NCCCCCCOc2ccccc2C(=O)N1. The van der Waals surface area contributed by atoms with Gasteiger partial charge in [0.05, 0.1) is 18.6 Å². The lowest BCUT2D eigenvalue weighted by atomic mass is 10.0. The quantitative estimate of drug-likeness (QED) is 0.395. The van der Waals surface area contributed by atoms with Crippen LogP contribution in [0.4, 0.5) is 0 Å². The van der Waals surface area contributed by atoms with Crippen LogP contribution in [0.3, 0.4) is 0 Å². The number of phenols is 1. The minimum atomic E-state index is -1.16. The maximum Gasteiger partial charge on any atom is 0.255 e. The number of ether oxygens (including phenoxy) is 1. The van der Waals surface area contributed by atoms with Crippen molar-refractivity contribution in [2.75, 3.05) is 19.7 Å². The van der Waals surface area contributed by atoms with E-state index in [-0.39, 0.29) is 30.1 Å². The molecule has 0 unspecified atom stereocenters. The molecule has 10 nitrogen and oxygen atoms in total. The van der Waals surface area contributed by atoms with E-state index in [1.807, 2.05) is 6.92 Å². The number of hydrogen-bond donors (Lipinski definition) is 5. The summed E-state index contributed by atoms with van der Waals surface area (Å²) in [6.45, 7) is 3.17. The van der Waals surface area contributed by atoms with Crippen molar-refractivity contribution in [3.05, 3.63) is 59.7 Å². The number of para-hydroxylation sites is 1. The van der Waals surface area contributed by atoms with E-state index in [0.29, 0.717) is 31.9 Å². The number of aromatic hydroxyl groups is 1. The molecule has 1 aliphatic heterocycles. The number of amides is 4. The summed E-state index contributed by atoms with van der Waals surface area (Å²) >= 11 is 0. The number of hydrogen-bond acceptors (Lipinski definition) is 6. The van der Waals surface area contributed by atoms with E-state index in [9.17, 15) is 24.3 Å². The van der Waals surface area contributed by atoms with Gasteiger partial charge in [0.25, 0.3) is 5.91 Å². The largest absolute Gasteiger partial charge is 0.508 e. The lowest BCUT2D eigenvalue weighted by Gasteiger charge is -2.22. The molecule has 2 atom stereocenters. The van der Waals surface area contributed by atoms with Crippen molar-refractivity contribution in [1.82, 2.24) is 21.3 Å². The normalized spacial score (nSPS) is 19.7. The van der Waals surface area contributed by atoms with E-state index in [0.717, 1.165) is 31.2 Å². The van der Waals surface area contributed by atoms with Crippen LogP contribution in [0.15, 0.2) is 48.5 Å². The smallest absolute Gasteiger partial charge is 0.255 e. The Morgan fingerprint density at radius 1 is 1.00 bits per heavy atom. The average molecular weight is 539 g/mol. The van der Waals surface area contributed by atoms with Gasteiger partial charge < -0.3 is 31.1 Å². The highest BCUT2D eigenvalue weighted by molar-refractivity contribution is 6.01. The van der Waals surface area contributed by atoms with Crippen LogP contribution in [0.25, 0.3) is 0 Å². The molecule has 0 saturated heterocycles. The standard InChI is InChI=1S/C29H38N4O6/c1-2-15-30-29(38)24-19-26(35)32-23(18-20-11-13-21(34)14-12-20)28(37)31-16-7-3-4-8-17-39-25-10-6-5-9-22(25)27(36)33-24/h5-6,9-14,23-24,34H,2-4,7-8,15-19H2,1H3,(H,30,38)(H,31,37)(H,32,35)(H,33,36)/t23-,24-/m0/s1. The minimum Gasteiger partial charge on any atom is -0.508 e. The molecule has 210 valence electrons. The molecule has 0 radical (unpaired) electrons. The number of nitrogens with one attached hydrogen (secondary N) is 4. The van der Waals surface area contributed by atoms with E-state index in [1.54, 1.807) is 36.4 Å². The molecule has 4 amide bonds. The van der Waals surface area contributed by atoms with Crippen LogP contribution in [0.2, 0.25) is 0 Å². The van der Waals surface area contributed by atoms with Crippen molar-refractivity contribution in [2.45, 2.75) is 64.0 Å². The maximum atomic E-state index is 13.2. The van der Waals surface area contributed by atoms with Crippen LogP contribution in [0.1, 0.15) is 61.4 Å². The number of carbonyl (C=O) groups is 4. The van der Waals surface area contributed by atoms with E-state index < -0.39 is 29.8 Å². The molecule has 0 spiro atoms. The van der Waals surface area contributed by atoms with Gasteiger partial charge in [0, 0.05) is 19.5 Å². The second-order valence-corrected chi connectivity index (χ2v) is 9.56. The molecule has 1 heterocycles. The Bertz CT molecular complexity index is 1120. The summed E-state index contributed by atoms with van der Waals surface area (Å²) in [7, 11) is 0. The first-order chi connectivity index (χ1) is 18.9. The van der Waals surface area contributed by atoms with Gasteiger partial charge >= 0.3 is 0 Å². The summed E-state index contributed by atoms with van der Waals surface area (Å²) in [5.74, 6) is -1.42. The fourth-order valence-corrected chi connectivity index (χ4v) is 4.21. The topological polar surface area (TPSA) is 146 Å². The fourth-order valence-electron chi connectivity index (χ4n) is 4.21. The monoisotopic (exact) mass is 538 g/mol. The van der Waals surface area contributed by atoms with Crippen LogP contribution in [-0.2, 0) is 20.8 Å². The van der Waals surface area contributed by atoms with Crippen LogP contribution in [0.5, 0.6) is 11.5 Å². The number of rotatable bonds is 5. The Kier molecular flexibility index (Phi) is 11.6. The molecule has 0 saturated carbocycles. The second-order valence-electron chi connectivity index (χ2n) is 9.56. The van der Waals surface area contributed by atoms with Crippen molar-refractivity contribution in [3.8, 4) is 11.5 Å². The van der Waals surface area contributed by atoms with Crippen LogP contribution < -0.4 is 26.0 Å². The van der Waals surface area contributed by atoms with Gasteiger partial charge in [-0.2, -0.15) is 0 Å². The van der Waals surface area contributed by atoms with Crippen LogP contribution in [-0.4, -0.2) is 60.5 Å². The van der Waals surface area contributed by atoms with Gasteiger partial charge in [-0.1, -0.05) is 44.0 Å². The molecular weight excluding hydrogens is 500 g/mol. The van der Waals surface area contributed by atoms with Gasteiger partial charge in [0.2, 0.25) is 17.7 Å². The van der Waals surface area contributed by atoms with Crippen molar-refractivity contribution >= 4 is 23.6 Å². The van der Waals surface area contributed by atoms with Crippen molar-refractivity contribution in [2.24, 2.45) is 0 Å². The Morgan fingerprint density at radius 3 is 2.51 bits per heavy atom. The van der Waals surface area contributed by atoms with Gasteiger partial charge in [-0.3, -0.25) is 19.2 Å². The minimum absolute atomic E-state index is 0.0978. The molecule has 0 aliphatic carbocycles. The molecule has 2 aromatic carbocycles. The first-order valence-electron chi connectivity index (χ1n) is 13.5. The Morgan fingerprint density at radius 2 is 1.74 bits per heavy atom. The maximum absolute atomic E-state index is 13.2. The first kappa shape index (κ1) is 29.5. The predicted octanol–water partition coefficient (Wildman–Crippen LogP) is 2.20. The van der Waals surface area contributed by atoms with Crippen molar-refractivity contribution in [3.63, 3.8) is 0 Å². The third-order valence-corrected chi connectivity index (χ3v) is 6.35. The third-order valence-electron chi connectivity index (χ3n) is 6.35. The third kappa shape index (κ3) is 9.63. The Balaban J connectivity index is 1.84. The summed E-state index contributed by atoms with van der Waals surface area (Å²) in [5.41, 5.74) is 1.02. The lowest BCUT2D eigenvalue weighted by Crippen LogP contribution is -2.52. The van der Waals surface area contributed by atoms with Gasteiger partial charge in [-0.25, -0.2) is 0 Å².